The third-order valence-electron chi connectivity index (χ3n) is 1.92. The second kappa shape index (κ2) is 4.06. The van der Waals surface area contributed by atoms with Crippen LogP contribution in [0.3, 0.4) is 0 Å². The Morgan fingerprint density at radius 1 is 1.25 bits per heavy atom. The van der Waals surface area contributed by atoms with Crippen molar-refractivity contribution in [2.45, 2.75) is 6.92 Å². The van der Waals surface area contributed by atoms with Crippen LogP contribution in [0.25, 0.3) is 0 Å². The number of hydrogen-bond donors (Lipinski definition) is 0. The smallest absolute Gasteiger partial charge is 0.379 e. The van der Waals surface area contributed by atoms with Crippen LogP contribution in [0.15, 0.2) is 44.4 Å². The van der Waals surface area contributed by atoms with Gasteiger partial charge in [-0.2, -0.15) is 0 Å². The van der Waals surface area contributed by atoms with Gasteiger partial charge in [0.15, 0.2) is 0 Å². The minimum Gasteiger partial charge on any atom is -0.465 e. The number of aryl methyl sites for hydroxylation is 1. The number of esters is 1. The van der Waals surface area contributed by atoms with Gasteiger partial charge in [0.25, 0.3) is 0 Å². The number of carbonyl (C=O) groups is 1. The van der Waals surface area contributed by atoms with E-state index in [1.54, 1.807) is 6.07 Å². The summed E-state index contributed by atoms with van der Waals surface area (Å²) in [7, 11) is 0. The first-order chi connectivity index (χ1) is 7.68. The van der Waals surface area contributed by atoms with Crippen molar-refractivity contribution in [2.75, 3.05) is 0 Å². The highest BCUT2D eigenvalue weighted by molar-refractivity contribution is 5.88. The van der Waals surface area contributed by atoms with Gasteiger partial charge in [0.2, 0.25) is 16.9 Å². The van der Waals surface area contributed by atoms with Crippen molar-refractivity contribution in [3.63, 3.8) is 0 Å². The minimum atomic E-state index is -0.730. The lowest BCUT2D eigenvalue weighted by Crippen LogP contribution is -2.14. The molecule has 16 heavy (non-hydrogen) atoms. The molecule has 0 bridgehead atoms. The molecule has 0 amide bonds. The zero-order valence-electron chi connectivity index (χ0n) is 8.43. The summed E-state index contributed by atoms with van der Waals surface area (Å²) in [6, 6.07) is 4.18. The molecule has 0 saturated heterocycles. The Kier molecular flexibility index (Phi) is 2.59. The molecular formula is C11H8O5. The summed E-state index contributed by atoms with van der Waals surface area (Å²) < 4.78 is 14.7. The lowest BCUT2D eigenvalue weighted by Gasteiger charge is -2.02. The van der Waals surface area contributed by atoms with Crippen molar-refractivity contribution in [3.8, 4) is 5.75 Å². The maximum atomic E-state index is 11.5. The number of rotatable bonds is 2. The molecule has 0 radical (unpaired) electrons. The normalized spacial score (nSPS) is 10.1. The maximum Gasteiger partial charge on any atom is 0.379 e. The van der Waals surface area contributed by atoms with Crippen LogP contribution in [0, 0.1) is 6.92 Å². The molecule has 0 atom stereocenters. The third kappa shape index (κ3) is 1.88. The molecule has 5 heteroatoms. The summed E-state index contributed by atoms with van der Waals surface area (Å²) in [5.74, 6) is -0.578. The molecule has 0 aliphatic heterocycles. The van der Waals surface area contributed by atoms with Crippen LogP contribution in [0.2, 0.25) is 0 Å². The Morgan fingerprint density at radius 3 is 2.69 bits per heavy atom. The zero-order chi connectivity index (χ0) is 11.5. The maximum absolute atomic E-state index is 11.5. The van der Waals surface area contributed by atoms with E-state index in [1.165, 1.54) is 31.6 Å². The summed E-state index contributed by atoms with van der Waals surface area (Å²) in [5, 5.41) is 0. The molecule has 0 aliphatic rings. The van der Waals surface area contributed by atoms with E-state index >= 15 is 0 Å². The van der Waals surface area contributed by atoms with E-state index in [0.717, 1.165) is 0 Å². The van der Waals surface area contributed by atoms with E-state index in [1.807, 2.05) is 0 Å². The van der Waals surface area contributed by atoms with Crippen molar-refractivity contribution in [1.82, 2.24) is 0 Å². The topological polar surface area (TPSA) is 69.7 Å². The molecule has 0 fully saturated rings. The van der Waals surface area contributed by atoms with Crippen molar-refractivity contribution in [3.05, 3.63) is 52.5 Å². The average molecular weight is 220 g/mol. The SMILES string of the molecule is Cc1occc(=O)c1OC(=O)c1ccco1. The van der Waals surface area contributed by atoms with Crippen LogP contribution in [0.1, 0.15) is 16.3 Å². The van der Waals surface area contributed by atoms with E-state index < -0.39 is 11.4 Å². The van der Waals surface area contributed by atoms with Crippen molar-refractivity contribution in [2.24, 2.45) is 0 Å². The van der Waals surface area contributed by atoms with Gasteiger partial charge < -0.3 is 13.6 Å². The highest BCUT2D eigenvalue weighted by Crippen LogP contribution is 2.13. The van der Waals surface area contributed by atoms with Gasteiger partial charge in [0.1, 0.15) is 5.76 Å². The molecule has 0 N–H and O–H groups in total. The third-order valence-corrected chi connectivity index (χ3v) is 1.92. The molecule has 5 nitrogen and oxygen atoms in total. The zero-order valence-corrected chi connectivity index (χ0v) is 8.43. The highest BCUT2D eigenvalue weighted by atomic mass is 16.6. The van der Waals surface area contributed by atoms with E-state index in [4.69, 9.17) is 13.6 Å². The Balaban J connectivity index is 2.28. The van der Waals surface area contributed by atoms with Crippen LogP contribution in [0.5, 0.6) is 5.75 Å². The second-order valence-electron chi connectivity index (χ2n) is 3.04. The molecule has 0 spiro atoms. The molecule has 0 aliphatic carbocycles. The quantitative estimate of drug-likeness (QED) is 0.721. The van der Waals surface area contributed by atoms with Gasteiger partial charge >= 0.3 is 5.97 Å². The van der Waals surface area contributed by atoms with Gasteiger partial charge in [0.05, 0.1) is 12.5 Å². The van der Waals surface area contributed by atoms with Crippen molar-refractivity contribution in [1.29, 1.82) is 0 Å². The van der Waals surface area contributed by atoms with Crippen LogP contribution < -0.4 is 10.2 Å². The van der Waals surface area contributed by atoms with Gasteiger partial charge in [-0.05, 0) is 19.1 Å². The second-order valence-corrected chi connectivity index (χ2v) is 3.04. The van der Waals surface area contributed by atoms with Crippen LogP contribution in [-0.2, 0) is 0 Å². The monoisotopic (exact) mass is 220 g/mol. The van der Waals surface area contributed by atoms with E-state index in [-0.39, 0.29) is 17.3 Å². The number of ether oxygens (including phenoxy) is 1. The summed E-state index contributed by atoms with van der Waals surface area (Å²) in [6.45, 7) is 1.53. The highest BCUT2D eigenvalue weighted by Gasteiger charge is 2.15. The molecule has 0 saturated carbocycles. The van der Waals surface area contributed by atoms with Crippen molar-refractivity contribution >= 4 is 5.97 Å². The summed E-state index contributed by atoms with van der Waals surface area (Å²) in [5.41, 5.74) is -0.413. The Bertz CT molecular complexity index is 550. The molecule has 2 rings (SSSR count). The molecule has 2 heterocycles. The molecule has 0 unspecified atom stereocenters. The first-order valence-corrected chi connectivity index (χ1v) is 4.52. The molecule has 0 aromatic carbocycles. The standard InChI is InChI=1S/C11H8O5/c1-7-10(8(12)4-6-14-7)16-11(13)9-3-2-5-15-9/h2-6H,1H3. The van der Waals surface area contributed by atoms with E-state index in [0.29, 0.717) is 0 Å². The van der Waals surface area contributed by atoms with Crippen molar-refractivity contribution < 1.29 is 18.4 Å². The number of furan rings is 1. The van der Waals surface area contributed by atoms with Gasteiger partial charge in [-0.25, -0.2) is 4.79 Å². The van der Waals surface area contributed by atoms with Gasteiger partial charge in [-0.3, -0.25) is 4.79 Å². The fraction of sp³-hybridized carbons (Fsp3) is 0.0909. The Labute approximate surface area is 90.3 Å². The molecule has 82 valence electrons. The average Bonchev–Trinajstić information content (AvgIpc) is 2.76. The lowest BCUT2D eigenvalue weighted by atomic mass is 10.3. The molecular weight excluding hydrogens is 212 g/mol. The molecule has 2 aromatic heterocycles. The summed E-state index contributed by atoms with van der Waals surface area (Å²) in [6.07, 6.45) is 2.58. The summed E-state index contributed by atoms with van der Waals surface area (Å²) in [4.78, 5) is 22.9. The fourth-order valence-corrected chi connectivity index (χ4v) is 1.16. The first kappa shape index (κ1) is 10.2. The van der Waals surface area contributed by atoms with E-state index in [2.05, 4.69) is 0 Å². The lowest BCUT2D eigenvalue weighted by molar-refractivity contribution is 0.0693. The van der Waals surface area contributed by atoms with Crippen LogP contribution in [0.4, 0.5) is 0 Å². The predicted octanol–water partition coefficient (Wildman–Crippen LogP) is 1.76. The van der Waals surface area contributed by atoms with Gasteiger partial charge in [-0.1, -0.05) is 0 Å². The largest absolute Gasteiger partial charge is 0.465 e. The first-order valence-electron chi connectivity index (χ1n) is 4.52. The van der Waals surface area contributed by atoms with Crippen LogP contribution in [-0.4, -0.2) is 5.97 Å². The Hall–Kier alpha value is -2.30. The van der Waals surface area contributed by atoms with E-state index in [9.17, 15) is 9.59 Å². The van der Waals surface area contributed by atoms with Gasteiger partial charge in [-0.15, -0.1) is 0 Å². The fourth-order valence-electron chi connectivity index (χ4n) is 1.16. The minimum absolute atomic E-state index is 0.0302. The van der Waals surface area contributed by atoms with Crippen LogP contribution >= 0.6 is 0 Å². The predicted molar refractivity (Wildman–Crippen MR) is 53.4 cm³/mol. The Morgan fingerprint density at radius 2 is 2.06 bits per heavy atom. The number of carbonyl (C=O) groups excluding carboxylic acids is 1. The summed E-state index contributed by atoms with van der Waals surface area (Å²) >= 11 is 0. The van der Waals surface area contributed by atoms with Gasteiger partial charge in [0, 0.05) is 6.07 Å². The molecule has 2 aromatic rings. The number of hydrogen-bond acceptors (Lipinski definition) is 5.